The van der Waals surface area contributed by atoms with Gasteiger partial charge in [0.2, 0.25) is 0 Å². The second-order valence-corrected chi connectivity index (χ2v) is 8.05. The molecule has 2 aliphatic carbocycles. The van der Waals surface area contributed by atoms with Gasteiger partial charge in [0.05, 0.1) is 12.5 Å². The molecule has 0 aliphatic heterocycles. The molecule has 0 bridgehead atoms. The number of benzene rings is 3. The van der Waals surface area contributed by atoms with Crippen LogP contribution in [0, 0.1) is 11.3 Å². The third kappa shape index (κ3) is 2.66. The average molecular weight is 394 g/mol. The Bertz CT molecular complexity index is 1160. The molecule has 0 amide bonds. The minimum atomic E-state index is -0.821. The summed E-state index contributed by atoms with van der Waals surface area (Å²) in [6.07, 6.45) is 1.00. The molecule has 0 heterocycles. The van der Waals surface area contributed by atoms with Crippen molar-refractivity contribution in [2.24, 2.45) is 11.3 Å². The first kappa shape index (κ1) is 18.6. The summed E-state index contributed by atoms with van der Waals surface area (Å²) in [5, 5.41) is 0. The first-order valence-corrected chi connectivity index (χ1v) is 10.2. The lowest BCUT2D eigenvalue weighted by Crippen LogP contribution is -2.32. The molecule has 3 heteroatoms. The van der Waals surface area contributed by atoms with Crippen molar-refractivity contribution in [3.05, 3.63) is 107 Å². The van der Waals surface area contributed by atoms with E-state index in [-0.39, 0.29) is 11.8 Å². The van der Waals surface area contributed by atoms with Gasteiger partial charge in [0, 0.05) is 11.5 Å². The lowest BCUT2D eigenvalue weighted by molar-refractivity contribution is -0.149. The zero-order chi connectivity index (χ0) is 20.7. The van der Waals surface area contributed by atoms with E-state index in [2.05, 4.69) is 12.1 Å². The van der Waals surface area contributed by atoms with Gasteiger partial charge in [-0.15, -0.1) is 0 Å². The quantitative estimate of drug-likeness (QED) is 0.450. The fourth-order valence-electron chi connectivity index (χ4n) is 5.24. The minimum Gasteiger partial charge on any atom is -0.468 e. The Kier molecular flexibility index (Phi) is 4.39. The van der Waals surface area contributed by atoms with E-state index in [0.29, 0.717) is 18.4 Å². The molecule has 2 atom stereocenters. The van der Waals surface area contributed by atoms with Crippen molar-refractivity contribution in [3.63, 3.8) is 0 Å². The van der Waals surface area contributed by atoms with E-state index in [1.165, 1.54) is 7.11 Å². The van der Waals surface area contributed by atoms with Crippen molar-refractivity contribution in [1.29, 1.82) is 0 Å². The zero-order valence-electron chi connectivity index (χ0n) is 16.8. The lowest BCUT2D eigenvalue weighted by atomic mass is 9.79. The van der Waals surface area contributed by atoms with Crippen LogP contribution < -0.4 is 0 Å². The van der Waals surface area contributed by atoms with Crippen molar-refractivity contribution < 1.29 is 14.3 Å². The van der Waals surface area contributed by atoms with E-state index in [0.717, 1.165) is 27.8 Å². The molecule has 148 valence electrons. The molecule has 0 radical (unpaired) electrons. The first-order valence-electron chi connectivity index (χ1n) is 10.2. The smallest absolute Gasteiger partial charge is 0.316 e. The van der Waals surface area contributed by atoms with Crippen LogP contribution in [0.25, 0.3) is 11.1 Å². The molecule has 3 aromatic carbocycles. The molecule has 0 aromatic heterocycles. The number of fused-ring (bicyclic) bond motifs is 3. The maximum atomic E-state index is 13.6. The molecule has 5 rings (SSSR count). The molecule has 3 nitrogen and oxygen atoms in total. The fraction of sp³-hybridized carbons (Fsp3) is 0.185. The highest BCUT2D eigenvalue weighted by Crippen LogP contribution is 2.61. The molecule has 2 aliphatic rings. The van der Waals surface area contributed by atoms with Crippen LogP contribution in [0.15, 0.2) is 84.9 Å². The number of allylic oxidation sites excluding steroid dienone is 1. The number of hydrogen-bond acceptors (Lipinski definition) is 3. The predicted molar refractivity (Wildman–Crippen MR) is 117 cm³/mol. The second kappa shape index (κ2) is 7.10. The molecule has 0 saturated heterocycles. The predicted octanol–water partition coefficient (Wildman–Crippen LogP) is 5.22. The SMILES string of the molecule is COC(=O)C12Cc3ccccc3C1=C(c1ccccc1)C(C(=O)c1ccccc1)C2. The summed E-state index contributed by atoms with van der Waals surface area (Å²) >= 11 is 0. The standard InChI is InChI=1S/C27H22O3/c1-30-26(29)27-16-20-14-8-9-15-21(20)24(27)23(18-10-4-2-5-11-18)22(17-27)25(28)19-12-6-3-7-13-19/h2-15,22H,16-17H2,1H3. The van der Waals surface area contributed by atoms with E-state index >= 15 is 0 Å². The number of esters is 1. The topological polar surface area (TPSA) is 43.4 Å². The van der Waals surface area contributed by atoms with Crippen LogP contribution in [-0.4, -0.2) is 18.9 Å². The van der Waals surface area contributed by atoms with Gasteiger partial charge in [-0.05, 0) is 40.7 Å². The maximum absolute atomic E-state index is 13.6. The summed E-state index contributed by atoms with van der Waals surface area (Å²) in [7, 11) is 1.44. The summed E-state index contributed by atoms with van der Waals surface area (Å²) in [5.74, 6) is -0.597. The van der Waals surface area contributed by atoms with E-state index in [1.54, 1.807) is 0 Å². The normalized spacial score (nSPS) is 21.8. The monoisotopic (exact) mass is 394 g/mol. The maximum Gasteiger partial charge on any atom is 0.316 e. The molecule has 30 heavy (non-hydrogen) atoms. The summed E-state index contributed by atoms with van der Waals surface area (Å²) in [6, 6.07) is 27.5. The van der Waals surface area contributed by atoms with E-state index in [1.807, 2.05) is 72.8 Å². The third-order valence-corrected chi connectivity index (χ3v) is 6.46. The van der Waals surface area contributed by atoms with Crippen LogP contribution in [-0.2, 0) is 16.0 Å². The summed E-state index contributed by atoms with van der Waals surface area (Å²) in [6.45, 7) is 0. The number of carbonyl (C=O) groups is 2. The highest BCUT2D eigenvalue weighted by molar-refractivity contribution is 6.17. The van der Waals surface area contributed by atoms with Crippen molar-refractivity contribution in [2.75, 3.05) is 7.11 Å². The summed E-state index contributed by atoms with van der Waals surface area (Å²) in [4.78, 5) is 26.8. The lowest BCUT2D eigenvalue weighted by Gasteiger charge is -2.24. The number of hydrogen-bond donors (Lipinski definition) is 0. The second-order valence-electron chi connectivity index (χ2n) is 8.05. The van der Waals surface area contributed by atoms with Gasteiger partial charge in [-0.3, -0.25) is 9.59 Å². The summed E-state index contributed by atoms with van der Waals surface area (Å²) in [5.41, 5.74) is 4.96. The Labute approximate surface area is 176 Å². The number of ether oxygens (including phenoxy) is 1. The highest BCUT2D eigenvalue weighted by atomic mass is 16.5. The van der Waals surface area contributed by atoms with Crippen LogP contribution >= 0.6 is 0 Å². The van der Waals surface area contributed by atoms with Crippen LogP contribution in [0.3, 0.4) is 0 Å². The largest absolute Gasteiger partial charge is 0.468 e. The first-order chi connectivity index (χ1) is 14.7. The van der Waals surface area contributed by atoms with Gasteiger partial charge in [0.25, 0.3) is 0 Å². The Morgan fingerprint density at radius 3 is 2.20 bits per heavy atom. The molecule has 0 N–H and O–H groups in total. The zero-order valence-corrected chi connectivity index (χ0v) is 16.8. The molecular formula is C27H22O3. The molecule has 0 fully saturated rings. The van der Waals surface area contributed by atoms with E-state index in [4.69, 9.17) is 4.74 Å². The van der Waals surface area contributed by atoms with Crippen molar-refractivity contribution in [2.45, 2.75) is 12.8 Å². The van der Waals surface area contributed by atoms with Crippen molar-refractivity contribution >= 4 is 22.9 Å². The van der Waals surface area contributed by atoms with Gasteiger partial charge in [0.15, 0.2) is 5.78 Å². The van der Waals surface area contributed by atoms with Crippen LogP contribution in [0.4, 0.5) is 0 Å². The van der Waals surface area contributed by atoms with E-state index in [9.17, 15) is 9.59 Å². The average Bonchev–Trinajstić information content (AvgIpc) is 3.31. The summed E-state index contributed by atoms with van der Waals surface area (Å²) < 4.78 is 5.30. The molecule has 0 saturated carbocycles. The molecule has 0 spiro atoms. The van der Waals surface area contributed by atoms with Gasteiger partial charge in [0.1, 0.15) is 0 Å². The van der Waals surface area contributed by atoms with Crippen molar-refractivity contribution in [3.8, 4) is 0 Å². The molecule has 3 aromatic rings. The number of carbonyl (C=O) groups excluding carboxylic acids is 2. The van der Waals surface area contributed by atoms with Crippen LogP contribution in [0.2, 0.25) is 0 Å². The van der Waals surface area contributed by atoms with Gasteiger partial charge in [-0.2, -0.15) is 0 Å². The Morgan fingerprint density at radius 2 is 1.50 bits per heavy atom. The van der Waals surface area contributed by atoms with E-state index < -0.39 is 11.3 Å². The Hall–Kier alpha value is -3.46. The fourth-order valence-corrected chi connectivity index (χ4v) is 5.24. The number of methoxy groups -OCH3 is 1. The van der Waals surface area contributed by atoms with Gasteiger partial charge in [-0.1, -0.05) is 84.9 Å². The number of ketones is 1. The Balaban J connectivity index is 1.78. The molecule has 2 unspecified atom stereocenters. The van der Waals surface area contributed by atoms with Gasteiger partial charge < -0.3 is 4.74 Å². The number of Topliss-reactive ketones (excluding diaryl/α,β-unsaturated/α-hetero) is 1. The van der Waals surface area contributed by atoms with Crippen LogP contribution in [0.1, 0.15) is 33.5 Å². The number of rotatable bonds is 4. The van der Waals surface area contributed by atoms with Crippen LogP contribution in [0.5, 0.6) is 0 Å². The minimum absolute atomic E-state index is 0.0529. The van der Waals surface area contributed by atoms with Gasteiger partial charge >= 0.3 is 5.97 Å². The van der Waals surface area contributed by atoms with Gasteiger partial charge in [-0.25, -0.2) is 0 Å². The molecular weight excluding hydrogens is 372 g/mol. The van der Waals surface area contributed by atoms with Crippen molar-refractivity contribution in [1.82, 2.24) is 0 Å². The highest BCUT2D eigenvalue weighted by Gasteiger charge is 2.57. The Morgan fingerprint density at radius 1 is 0.867 bits per heavy atom. The third-order valence-electron chi connectivity index (χ3n) is 6.46.